The van der Waals surface area contributed by atoms with Crippen LogP contribution in [0.4, 0.5) is 0 Å². The van der Waals surface area contributed by atoms with Crippen LogP contribution in [0.15, 0.2) is 30.3 Å². The lowest BCUT2D eigenvalue weighted by atomic mass is 10.1. The van der Waals surface area contributed by atoms with Gasteiger partial charge in [0.2, 0.25) is 10.9 Å². The second kappa shape index (κ2) is 6.01. The number of nitrogens with zero attached hydrogens (tertiary/aromatic N) is 4. The van der Waals surface area contributed by atoms with Gasteiger partial charge in [0.25, 0.3) is 0 Å². The van der Waals surface area contributed by atoms with Crippen molar-refractivity contribution in [2.24, 2.45) is 0 Å². The van der Waals surface area contributed by atoms with Crippen LogP contribution in [0.2, 0.25) is 0 Å². The molecule has 7 heteroatoms. The van der Waals surface area contributed by atoms with E-state index >= 15 is 0 Å². The minimum absolute atomic E-state index is 0.0292. The molecule has 0 aliphatic carbocycles. The molecule has 2 aromatic heterocycles. The molecule has 3 aromatic rings. The Morgan fingerprint density at radius 3 is 2.86 bits per heavy atom. The lowest BCUT2D eigenvalue weighted by Gasteiger charge is -2.03. The first-order valence-corrected chi connectivity index (χ1v) is 7.52. The van der Waals surface area contributed by atoms with Crippen LogP contribution >= 0.6 is 11.3 Å². The summed E-state index contributed by atoms with van der Waals surface area (Å²) in [4.78, 5) is 12.6. The van der Waals surface area contributed by atoms with Gasteiger partial charge in [0.15, 0.2) is 5.82 Å². The maximum atomic E-state index is 11.8. The summed E-state index contributed by atoms with van der Waals surface area (Å²) in [6, 6.07) is 9.99. The second-order valence-corrected chi connectivity index (χ2v) is 5.74. The average Bonchev–Trinajstić information content (AvgIpc) is 3.06. The molecule has 1 aromatic carbocycles. The summed E-state index contributed by atoms with van der Waals surface area (Å²) in [5.74, 6) is 0.782. The minimum atomic E-state index is 0.0292. The van der Waals surface area contributed by atoms with Gasteiger partial charge >= 0.3 is 0 Å². The standard InChI is InChI=1S/C14H15N5OS/c1-10-16-17-14-19(10)18-13(21-14)9-15-12(20)8-7-11-5-3-2-4-6-11/h2-6H,7-9H2,1H3,(H,15,20). The summed E-state index contributed by atoms with van der Waals surface area (Å²) < 4.78 is 1.69. The number of nitrogens with one attached hydrogen (secondary N) is 1. The molecule has 3 rings (SSSR count). The molecule has 1 N–H and O–H groups in total. The Kier molecular flexibility index (Phi) is 3.92. The fourth-order valence-corrected chi connectivity index (χ4v) is 2.81. The molecule has 0 bridgehead atoms. The zero-order valence-corrected chi connectivity index (χ0v) is 12.4. The Bertz CT molecular complexity index is 749. The van der Waals surface area contributed by atoms with Gasteiger partial charge in [-0.1, -0.05) is 41.7 Å². The molecular weight excluding hydrogens is 286 g/mol. The third-order valence-corrected chi connectivity index (χ3v) is 4.01. The molecule has 6 nitrogen and oxygen atoms in total. The lowest BCUT2D eigenvalue weighted by Crippen LogP contribution is -2.23. The largest absolute Gasteiger partial charge is 0.350 e. The van der Waals surface area contributed by atoms with E-state index in [2.05, 4.69) is 20.6 Å². The minimum Gasteiger partial charge on any atom is -0.350 e. The summed E-state index contributed by atoms with van der Waals surface area (Å²) in [5, 5.41) is 16.0. The first kappa shape index (κ1) is 13.7. The van der Waals surface area contributed by atoms with E-state index in [0.717, 1.165) is 22.2 Å². The molecule has 0 saturated heterocycles. The molecule has 2 heterocycles. The summed E-state index contributed by atoms with van der Waals surface area (Å²) in [7, 11) is 0. The van der Waals surface area contributed by atoms with Crippen LogP contribution in [-0.2, 0) is 17.8 Å². The SMILES string of the molecule is Cc1nnc2sc(CNC(=O)CCc3ccccc3)nn12. The molecule has 0 unspecified atom stereocenters. The Morgan fingerprint density at radius 1 is 1.29 bits per heavy atom. The number of carbonyl (C=O) groups excluding carboxylic acids is 1. The van der Waals surface area contributed by atoms with Gasteiger partial charge in [-0.15, -0.1) is 10.2 Å². The molecule has 0 aliphatic rings. The zero-order valence-electron chi connectivity index (χ0n) is 11.6. The van der Waals surface area contributed by atoms with Crippen molar-refractivity contribution in [1.29, 1.82) is 0 Å². The van der Waals surface area contributed by atoms with Gasteiger partial charge in [-0.25, -0.2) is 0 Å². The van der Waals surface area contributed by atoms with Crippen LogP contribution < -0.4 is 5.32 Å². The van der Waals surface area contributed by atoms with E-state index in [4.69, 9.17) is 0 Å². The quantitative estimate of drug-likeness (QED) is 0.779. The first-order valence-electron chi connectivity index (χ1n) is 6.71. The number of carbonyl (C=O) groups is 1. The van der Waals surface area contributed by atoms with E-state index in [1.807, 2.05) is 37.3 Å². The van der Waals surface area contributed by atoms with Crippen molar-refractivity contribution in [3.05, 3.63) is 46.7 Å². The highest BCUT2D eigenvalue weighted by atomic mass is 32.1. The van der Waals surface area contributed by atoms with Crippen molar-refractivity contribution in [2.45, 2.75) is 26.3 Å². The fraction of sp³-hybridized carbons (Fsp3) is 0.286. The zero-order chi connectivity index (χ0) is 14.7. The predicted octanol–water partition coefficient (Wildman–Crippen LogP) is 1.74. The Labute approximate surface area is 125 Å². The molecule has 1 amide bonds. The monoisotopic (exact) mass is 301 g/mol. The number of hydrogen-bond donors (Lipinski definition) is 1. The predicted molar refractivity (Wildman–Crippen MR) is 80.0 cm³/mol. The van der Waals surface area contributed by atoms with E-state index < -0.39 is 0 Å². The van der Waals surface area contributed by atoms with Crippen molar-refractivity contribution in [1.82, 2.24) is 25.1 Å². The van der Waals surface area contributed by atoms with Gasteiger partial charge in [-0.2, -0.15) is 9.61 Å². The smallest absolute Gasteiger partial charge is 0.234 e. The fourth-order valence-electron chi connectivity index (χ4n) is 1.99. The highest BCUT2D eigenvalue weighted by Crippen LogP contribution is 2.13. The third-order valence-electron chi connectivity index (χ3n) is 3.11. The van der Waals surface area contributed by atoms with Crippen LogP contribution in [0, 0.1) is 6.92 Å². The highest BCUT2D eigenvalue weighted by Gasteiger charge is 2.09. The van der Waals surface area contributed by atoms with E-state index in [9.17, 15) is 4.79 Å². The molecular formula is C14H15N5OS. The number of rotatable bonds is 5. The van der Waals surface area contributed by atoms with Crippen LogP contribution in [0.5, 0.6) is 0 Å². The maximum absolute atomic E-state index is 11.8. The maximum Gasteiger partial charge on any atom is 0.234 e. The van der Waals surface area contributed by atoms with Gasteiger partial charge in [0.1, 0.15) is 5.01 Å². The van der Waals surface area contributed by atoms with E-state index in [0.29, 0.717) is 13.0 Å². The normalized spacial score (nSPS) is 10.9. The average molecular weight is 301 g/mol. The molecule has 0 aliphatic heterocycles. The third kappa shape index (κ3) is 3.25. The van der Waals surface area contributed by atoms with Gasteiger partial charge < -0.3 is 5.32 Å². The van der Waals surface area contributed by atoms with Crippen molar-refractivity contribution in [2.75, 3.05) is 0 Å². The number of aryl methyl sites for hydroxylation is 2. The first-order chi connectivity index (χ1) is 10.2. The number of hydrogen-bond acceptors (Lipinski definition) is 5. The van der Waals surface area contributed by atoms with Crippen LogP contribution in [0.25, 0.3) is 4.96 Å². The van der Waals surface area contributed by atoms with Gasteiger partial charge in [0, 0.05) is 6.42 Å². The molecule has 108 valence electrons. The lowest BCUT2D eigenvalue weighted by molar-refractivity contribution is -0.121. The topological polar surface area (TPSA) is 72.2 Å². The molecule has 0 spiro atoms. The molecule has 0 radical (unpaired) electrons. The van der Waals surface area contributed by atoms with Gasteiger partial charge in [0.05, 0.1) is 6.54 Å². The number of fused-ring (bicyclic) bond motifs is 1. The van der Waals surface area contributed by atoms with Crippen molar-refractivity contribution >= 4 is 22.2 Å². The van der Waals surface area contributed by atoms with Crippen LogP contribution in [-0.4, -0.2) is 25.7 Å². The summed E-state index contributed by atoms with van der Waals surface area (Å²) >= 11 is 1.44. The Balaban J connectivity index is 1.51. The van der Waals surface area contributed by atoms with E-state index in [1.165, 1.54) is 16.9 Å². The van der Waals surface area contributed by atoms with Crippen LogP contribution in [0.3, 0.4) is 0 Å². The van der Waals surface area contributed by atoms with Crippen molar-refractivity contribution in [3.8, 4) is 0 Å². The van der Waals surface area contributed by atoms with Gasteiger partial charge in [-0.05, 0) is 18.9 Å². The summed E-state index contributed by atoms with van der Waals surface area (Å²) in [6.07, 6.45) is 1.23. The summed E-state index contributed by atoms with van der Waals surface area (Å²) in [6.45, 7) is 2.28. The molecule has 0 saturated carbocycles. The second-order valence-electron chi connectivity index (χ2n) is 4.70. The molecule has 0 fully saturated rings. The summed E-state index contributed by atoms with van der Waals surface area (Å²) in [5.41, 5.74) is 1.17. The van der Waals surface area contributed by atoms with E-state index in [-0.39, 0.29) is 5.91 Å². The molecule has 0 atom stereocenters. The highest BCUT2D eigenvalue weighted by molar-refractivity contribution is 7.16. The van der Waals surface area contributed by atoms with E-state index in [1.54, 1.807) is 4.52 Å². The van der Waals surface area contributed by atoms with Crippen molar-refractivity contribution in [3.63, 3.8) is 0 Å². The van der Waals surface area contributed by atoms with Crippen LogP contribution in [0.1, 0.15) is 22.8 Å². The van der Waals surface area contributed by atoms with Gasteiger partial charge in [-0.3, -0.25) is 4.79 Å². The van der Waals surface area contributed by atoms with Crippen molar-refractivity contribution < 1.29 is 4.79 Å². The number of benzene rings is 1. The number of amides is 1. The Morgan fingerprint density at radius 2 is 2.10 bits per heavy atom. The molecule has 21 heavy (non-hydrogen) atoms. The number of aromatic nitrogens is 4. The Hall–Kier alpha value is -2.28.